The number of hydrogen-bond acceptors (Lipinski definition) is 3. The summed E-state index contributed by atoms with van der Waals surface area (Å²) in [5, 5.41) is 4.98. The molecule has 0 saturated carbocycles. The highest BCUT2D eigenvalue weighted by Crippen LogP contribution is 2.21. The first-order valence-electron chi connectivity index (χ1n) is 8.41. The second kappa shape index (κ2) is 7.74. The summed E-state index contributed by atoms with van der Waals surface area (Å²) in [6.45, 7) is 5.20. The number of carbonyl (C=O) groups excluding carboxylic acids is 2. The summed E-state index contributed by atoms with van der Waals surface area (Å²) < 4.78 is 1.74. The van der Waals surface area contributed by atoms with Crippen LogP contribution in [0, 0.1) is 5.92 Å². The van der Waals surface area contributed by atoms with Crippen molar-refractivity contribution in [2.75, 3.05) is 20.1 Å². The summed E-state index contributed by atoms with van der Waals surface area (Å²) in [7, 11) is 1.78. The summed E-state index contributed by atoms with van der Waals surface area (Å²) in [6.07, 6.45) is 5.39. The van der Waals surface area contributed by atoms with Gasteiger partial charge in [-0.05, 0) is 24.3 Å². The molecule has 1 saturated heterocycles. The van der Waals surface area contributed by atoms with E-state index in [0.717, 1.165) is 11.3 Å². The Balaban J connectivity index is 1.52. The molecule has 0 N–H and O–H groups in total. The molecule has 1 aliphatic heterocycles. The highest BCUT2D eigenvalue weighted by molar-refractivity contribution is 6.30. The van der Waals surface area contributed by atoms with Gasteiger partial charge in [0.2, 0.25) is 11.8 Å². The highest BCUT2D eigenvalue weighted by atomic mass is 35.5. The zero-order valence-electron chi connectivity index (χ0n) is 14.6. The van der Waals surface area contributed by atoms with Crippen molar-refractivity contribution >= 4 is 23.4 Å². The number of halogens is 1. The molecule has 0 aliphatic carbocycles. The number of hydrogen-bond donors (Lipinski definition) is 0. The monoisotopic (exact) mass is 372 g/mol. The first-order chi connectivity index (χ1) is 12.5. The third kappa shape index (κ3) is 4.14. The van der Waals surface area contributed by atoms with Crippen LogP contribution in [0.3, 0.4) is 0 Å². The molecular weight excluding hydrogens is 352 g/mol. The van der Waals surface area contributed by atoms with E-state index in [-0.39, 0.29) is 17.7 Å². The number of carbonyl (C=O) groups is 2. The van der Waals surface area contributed by atoms with Crippen molar-refractivity contribution in [3.63, 3.8) is 0 Å². The van der Waals surface area contributed by atoms with Crippen molar-refractivity contribution in [2.45, 2.75) is 13.0 Å². The van der Waals surface area contributed by atoms with Gasteiger partial charge < -0.3 is 9.80 Å². The normalized spacial score (nSPS) is 14.0. The maximum Gasteiger partial charge on any atom is 0.245 e. The standard InChI is InChI=1S/C19H21ClN4O2/c1-3-18(25)23-11-14(12-23)7-19(26)22(2)10-15-9-21-24(13-15)17-6-4-5-16(20)8-17/h3-6,8-9,13-14H,1,7,10-12H2,2H3. The van der Waals surface area contributed by atoms with Gasteiger partial charge >= 0.3 is 0 Å². The van der Waals surface area contributed by atoms with Crippen LogP contribution >= 0.6 is 11.6 Å². The van der Waals surface area contributed by atoms with Gasteiger partial charge in [0.15, 0.2) is 0 Å². The average Bonchev–Trinajstić information content (AvgIpc) is 3.05. The van der Waals surface area contributed by atoms with Crippen molar-refractivity contribution in [1.82, 2.24) is 19.6 Å². The number of nitrogens with zero attached hydrogens (tertiary/aromatic N) is 4. The van der Waals surface area contributed by atoms with Gasteiger partial charge in [0.25, 0.3) is 0 Å². The number of benzene rings is 1. The molecule has 1 fully saturated rings. The van der Waals surface area contributed by atoms with Crippen LogP contribution in [0.15, 0.2) is 49.3 Å². The van der Waals surface area contributed by atoms with Gasteiger partial charge in [-0.15, -0.1) is 0 Å². The number of amides is 2. The molecule has 1 aromatic carbocycles. The lowest BCUT2D eigenvalue weighted by Gasteiger charge is -2.38. The molecule has 2 aromatic rings. The second-order valence-electron chi connectivity index (χ2n) is 6.54. The van der Waals surface area contributed by atoms with Gasteiger partial charge in [-0.1, -0.05) is 24.2 Å². The molecule has 1 aliphatic rings. The maximum absolute atomic E-state index is 12.4. The van der Waals surface area contributed by atoms with Crippen LogP contribution in [0.4, 0.5) is 0 Å². The molecule has 0 atom stereocenters. The van der Waals surface area contributed by atoms with E-state index in [1.807, 2.05) is 30.5 Å². The highest BCUT2D eigenvalue weighted by Gasteiger charge is 2.31. The first-order valence-corrected chi connectivity index (χ1v) is 8.79. The summed E-state index contributed by atoms with van der Waals surface area (Å²) >= 11 is 6.01. The second-order valence-corrected chi connectivity index (χ2v) is 6.98. The van der Waals surface area contributed by atoms with Crippen molar-refractivity contribution in [3.05, 3.63) is 59.9 Å². The number of likely N-dealkylation sites (tertiary alicyclic amines) is 1. The molecule has 26 heavy (non-hydrogen) atoms. The van der Waals surface area contributed by atoms with E-state index in [9.17, 15) is 9.59 Å². The molecule has 1 aromatic heterocycles. The summed E-state index contributed by atoms with van der Waals surface area (Å²) in [4.78, 5) is 27.2. The van der Waals surface area contributed by atoms with Gasteiger partial charge in [0.1, 0.15) is 0 Å². The molecule has 2 heterocycles. The molecule has 3 rings (SSSR count). The van der Waals surface area contributed by atoms with Crippen LogP contribution in [-0.4, -0.2) is 51.5 Å². The Morgan fingerprint density at radius 2 is 2.19 bits per heavy atom. The van der Waals surface area contributed by atoms with Crippen LogP contribution in [0.2, 0.25) is 5.02 Å². The fraction of sp³-hybridized carbons (Fsp3) is 0.316. The zero-order valence-corrected chi connectivity index (χ0v) is 15.4. The molecule has 0 unspecified atom stereocenters. The minimum absolute atomic E-state index is 0.0659. The summed E-state index contributed by atoms with van der Waals surface area (Å²) in [5.41, 5.74) is 1.82. The Morgan fingerprint density at radius 3 is 2.88 bits per heavy atom. The van der Waals surface area contributed by atoms with E-state index in [0.29, 0.717) is 31.1 Å². The average molecular weight is 373 g/mol. The van der Waals surface area contributed by atoms with Crippen molar-refractivity contribution in [2.24, 2.45) is 5.92 Å². The van der Waals surface area contributed by atoms with E-state index < -0.39 is 0 Å². The molecule has 0 bridgehead atoms. The summed E-state index contributed by atoms with van der Waals surface area (Å²) in [6, 6.07) is 7.43. The Bertz CT molecular complexity index is 826. The van der Waals surface area contributed by atoms with Crippen LogP contribution in [0.1, 0.15) is 12.0 Å². The van der Waals surface area contributed by atoms with Gasteiger partial charge in [0, 0.05) is 55.8 Å². The first kappa shape index (κ1) is 18.2. The number of aromatic nitrogens is 2. The predicted molar refractivity (Wildman–Crippen MR) is 99.9 cm³/mol. The Morgan fingerprint density at radius 1 is 1.42 bits per heavy atom. The number of rotatable bonds is 6. The van der Waals surface area contributed by atoms with Gasteiger partial charge in [-0.3, -0.25) is 9.59 Å². The Kier molecular flexibility index (Phi) is 5.42. The fourth-order valence-corrected chi connectivity index (χ4v) is 3.16. The molecule has 136 valence electrons. The van der Waals surface area contributed by atoms with E-state index in [2.05, 4.69) is 11.7 Å². The zero-order chi connectivity index (χ0) is 18.7. The SMILES string of the molecule is C=CC(=O)N1CC(CC(=O)N(C)Cc2cnn(-c3cccc(Cl)c3)c2)C1. The van der Waals surface area contributed by atoms with Gasteiger partial charge in [0.05, 0.1) is 11.9 Å². The maximum atomic E-state index is 12.4. The largest absolute Gasteiger partial charge is 0.341 e. The van der Waals surface area contributed by atoms with Crippen LogP contribution in [0.5, 0.6) is 0 Å². The van der Waals surface area contributed by atoms with Gasteiger partial charge in [-0.2, -0.15) is 5.10 Å². The molecular formula is C19H21ClN4O2. The van der Waals surface area contributed by atoms with E-state index in [1.54, 1.807) is 27.7 Å². The fourth-order valence-electron chi connectivity index (χ4n) is 2.97. The third-order valence-electron chi connectivity index (χ3n) is 4.46. The predicted octanol–water partition coefficient (Wildman–Crippen LogP) is 2.52. The minimum Gasteiger partial charge on any atom is -0.341 e. The minimum atomic E-state index is -0.0736. The lowest BCUT2D eigenvalue weighted by molar-refractivity contribution is -0.138. The lowest BCUT2D eigenvalue weighted by Crippen LogP contribution is -2.50. The lowest BCUT2D eigenvalue weighted by atomic mass is 9.95. The quantitative estimate of drug-likeness (QED) is 0.732. The topological polar surface area (TPSA) is 58.4 Å². The molecule has 2 amide bonds. The molecule has 7 heteroatoms. The van der Waals surface area contributed by atoms with E-state index in [4.69, 9.17) is 11.6 Å². The van der Waals surface area contributed by atoms with E-state index in [1.165, 1.54) is 6.08 Å². The Labute approximate surface area is 157 Å². The molecule has 6 nitrogen and oxygen atoms in total. The van der Waals surface area contributed by atoms with Crippen LogP contribution in [-0.2, 0) is 16.1 Å². The molecule has 0 radical (unpaired) electrons. The van der Waals surface area contributed by atoms with Crippen molar-refractivity contribution in [1.29, 1.82) is 0 Å². The molecule has 0 spiro atoms. The van der Waals surface area contributed by atoms with Crippen molar-refractivity contribution < 1.29 is 9.59 Å². The smallest absolute Gasteiger partial charge is 0.245 e. The van der Waals surface area contributed by atoms with Crippen molar-refractivity contribution in [3.8, 4) is 5.69 Å². The Hall–Kier alpha value is -2.60. The van der Waals surface area contributed by atoms with Crippen LogP contribution in [0.25, 0.3) is 5.69 Å². The van der Waals surface area contributed by atoms with Crippen LogP contribution < -0.4 is 0 Å². The summed E-state index contributed by atoms with van der Waals surface area (Å²) in [5.74, 6) is 0.217. The third-order valence-corrected chi connectivity index (χ3v) is 4.70. The van der Waals surface area contributed by atoms with Gasteiger partial charge in [-0.25, -0.2) is 4.68 Å². The van der Waals surface area contributed by atoms with E-state index >= 15 is 0 Å².